The molecule has 1 aliphatic rings. The molecule has 2 rings (SSSR count). The highest BCUT2D eigenvalue weighted by Crippen LogP contribution is 2.31. The van der Waals surface area contributed by atoms with Crippen molar-refractivity contribution in [2.45, 2.75) is 70.9 Å². The second kappa shape index (κ2) is 7.03. The van der Waals surface area contributed by atoms with Crippen LogP contribution in [0.3, 0.4) is 0 Å². The number of fused-ring (bicyclic) bond motifs is 1. The minimum Gasteiger partial charge on any atom is -0.366 e. The van der Waals surface area contributed by atoms with Crippen molar-refractivity contribution in [3.05, 3.63) is 34.8 Å². The van der Waals surface area contributed by atoms with Gasteiger partial charge in [0.2, 0.25) is 0 Å². The SMILES string of the molecule is CCCCCC1=c2ccccc2=NC1(O)CCCCC. The van der Waals surface area contributed by atoms with Crippen molar-refractivity contribution in [1.82, 2.24) is 0 Å². The Hall–Kier alpha value is -1.15. The lowest BCUT2D eigenvalue weighted by molar-refractivity contribution is 0.0937. The van der Waals surface area contributed by atoms with E-state index < -0.39 is 5.72 Å². The van der Waals surface area contributed by atoms with Crippen LogP contribution in [0, 0.1) is 0 Å². The summed E-state index contributed by atoms with van der Waals surface area (Å²) in [5.74, 6) is 0. The molecule has 1 aromatic rings. The van der Waals surface area contributed by atoms with Gasteiger partial charge in [-0.25, -0.2) is 4.99 Å². The van der Waals surface area contributed by atoms with Crippen molar-refractivity contribution in [3.63, 3.8) is 0 Å². The highest BCUT2D eigenvalue weighted by Gasteiger charge is 2.33. The van der Waals surface area contributed by atoms with Crippen LogP contribution in [-0.4, -0.2) is 10.8 Å². The number of nitrogens with zero attached hydrogens (tertiary/aromatic N) is 1. The van der Waals surface area contributed by atoms with Crippen LogP contribution in [0.5, 0.6) is 0 Å². The quantitative estimate of drug-likeness (QED) is 0.724. The van der Waals surface area contributed by atoms with E-state index in [2.05, 4.69) is 24.9 Å². The zero-order chi connectivity index (χ0) is 14.4. The standard InChI is InChI=1S/C18H27NO/c1-3-5-7-12-16-15-11-8-9-13-17(15)19-18(16,20)14-10-6-4-2/h8-9,11,13,20H,3-7,10,12,14H2,1-2H3. The van der Waals surface area contributed by atoms with Crippen LogP contribution in [0.2, 0.25) is 0 Å². The topological polar surface area (TPSA) is 32.6 Å². The zero-order valence-electron chi connectivity index (χ0n) is 12.9. The van der Waals surface area contributed by atoms with Gasteiger partial charge in [-0.15, -0.1) is 0 Å². The minimum absolute atomic E-state index is 0.761. The lowest BCUT2D eigenvalue weighted by Gasteiger charge is -2.24. The van der Waals surface area contributed by atoms with Gasteiger partial charge < -0.3 is 5.11 Å². The molecular weight excluding hydrogens is 246 g/mol. The first kappa shape index (κ1) is 15.2. The first-order valence-corrected chi connectivity index (χ1v) is 8.12. The molecular formula is C18H27NO. The first-order chi connectivity index (χ1) is 9.71. The second-order valence-corrected chi connectivity index (χ2v) is 5.84. The highest BCUT2D eigenvalue weighted by molar-refractivity contribution is 5.56. The largest absolute Gasteiger partial charge is 0.366 e. The van der Waals surface area contributed by atoms with Gasteiger partial charge in [0.05, 0.1) is 5.36 Å². The predicted octanol–water partition coefficient (Wildman–Crippen LogP) is 3.32. The number of hydrogen-bond acceptors (Lipinski definition) is 2. The van der Waals surface area contributed by atoms with E-state index in [4.69, 9.17) is 0 Å². The van der Waals surface area contributed by atoms with Gasteiger partial charge >= 0.3 is 0 Å². The van der Waals surface area contributed by atoms with Crippen molar-refractivity contribution in [2.24, 2.45) is 4.99 Å². The molecule has 2 heteroatoms. The van der Waals surface area contributed by atoms with Gasteiger partial charge in [0.1, 0.15) is 0 Å². The third kappa shape index (κ3) is 3.29. The van der Waals surface area contributed by atoms with Gasteiger partial charge in [0.25, 0.3) is 0 Å². The van der Waals surface area contributed by atoms with Crippen LogP contribution in [0.15, 0.2) is 29.3 Å². The van der Waals surface area contributed by atoms with Crippen LogP contribution in [0.25, 0.3) is 5.57 Å². The molecule has 1 heterocycles. The van der Waals surface area contributed by atoms with Crippen LogP contribution in [0.4, 0.5) is 0 Å². The number of aliphatic hydroxyl groups is 1. The first-order valence-electron chi connectivity index (χ1n) is 8.12. The summed E-state index contributed by atoms with van der Waals surface area (Å²) in [5, 5.41) is 13.1. The molecule has 0 aliphatic carbocycles. The van der Waals surface area contributed by atoms with Crippen LogP contribution >= 0.6 is 0 Å². The molecule has 1 atom stereocenters. The molecule has 0 saturated carbocycles. The Morgan fingerprint density at radius 2 is 1.70 bits per heavy atom. The molecule has 1 aliphatic heterocycles. The predicted molar refractivity (Wildman–Crippen MR) is 83.9 cm³/mol. The second-order valence-electron chi connectivity index (χ2n) is 5.84. The number of rotatable bonds is 8. The fourth-order valence-electron chi connectivity index (χ4n) is 3.02. The minimum atomic E-state index is -0.938. The molecule has 0 aromatic heterocycles. The van der Waals surface area contributed by atoms with E-state index in [9.17, 15) is 5.11 Å². The normalized spacial score (nSPS) is 20.9. The molecule has 0 saturated heterocycles. The van der Waals surface area contributed by atoms with Crippen molar-refractivity contribution in [2.75, 3.05) is 0 Å². The average Bonchev–Trinajstić information content (AvgIpc) is 2.72. The summed E-state index contributed by atoms with van der Waals surface area (Å²) in [6.07, 6.45) is 8.68. The molecule has 110 valence electrons. The van der Waals surface area contributed by atoms with Crippen molar-refractivity contribution in [3.8, 4) is 0 Å². The van der Waals surface area contributed by atoms with Crippen LogP contribution in [-0.2, 0) is 0 Å². The van der Waals surface area contributed by atoms with E-state index in [0.29, 0.717) is 0 Å². The summed E-state index contributed by atoms with van der Waals surface area (Å²) in [7, 11) is 0. The van der Waals surface area contributed by atoms with Crippen molar-refractivity contribution in [1.29, 1.82) is 0 Å². The van der Waals surface area contributed by atoms with E-state index >= 15 is 0 Å². The van der Waals surface area contributed by atoms with Crippen molar-refractivity contribution < 1.29 is 5.11 Å². The van der Waals surface area contributed by atoms with E-state index in [1.807, 2.05) is 18.2 Å². The molecule has 0 fully saturated rings. The molecule has 1 unspecified atom stereocenters. The maximum Gasteiger partial charge on any atom is 0.179 e. The monoisotopic (exact) mass is 273 g/mol. The third-order valence-corrected chi connectivity index (χ3v) is 4.18. The summed E-state index contributed by atoms with van der Waals surface area (Å²) < 4.78 is 0. The van der Waals surface area contributed by atoms with E-state index in [1.165, 1.54) is 24.5 Å². The molecule has 20 heavy (non-hydrogen) atoms. The Balaban J connectivity index is 2.26. The summed E-state index contributed by atoms with van der Waals surface area (Å²) in [5.41, 5.74) is 0.213. The lowest BCUT2D eigenvalue weighted by atomic mass is 9.92. The van der Waals surface area contributed by atoms with Gasteiger partial charge in [0.15, 0.2) is 5.72 Å². The summed E-state index contributed by atoms with van der Waals surface area (Å²) >= 11 is 0. The molecule has 0 spiro atoms. The van der Waals surface area contributed by atoms with Crippen LogP contribution in [0.1, 0.15) is 65.2 Å². The average molecular weight is 273 g/mol. The van der Waals surface area contributed by atoms with E-state index in [0.717, 1.165) is 43.0 Å². The Kier molecular flexibility index (Phi) is 5.36. The highest BCUT2D eigenvalue weighted by atomic mass is 16.3. The molecule has 2 nitrogen and oxygen atoms in total. The number of hydrogen-bond donors (Lipinski definition) is 1. The van der Waals surface area contributed by atoms with Gasteiger partial charge in [-0.2, -0.15) is 0 Å². The molecule has 0 radical (unpaired) electrons. The fourth-order valence-corrected chi connectivity index (χ4v) is 3.02. The third-order valence-electron chi connectivity index (χ3n) is 4.18. The lowest BCUT2D eigenvalue weighted by Crippen LogP contribution is -2.28. The smallest absolute Gasteiger partial charge is 0.179 e. The van der Waals surface area contributed by atoms with Gasteiger partial charge in [-0.05, 0) is 30.9 Å². The maximum atomic E-state index is 11.0. The van der Waals surface area contributed by atoms with Gasteiger partial charge in [-0.3, -0.25) is 0 Å². The number of benzene rings is 1. The molecule has 0 bridgehead atoms. The van der Waals surface area contributed by atoms with Crippen LogP contribution < -0.4 is 10.6 Å². The van der Waals surface area contributed by atoms with Crippen molar-refractivity contribution >= 4 is 5.57 Å². The number of unbranched alkanes of at least 4 members (excludes halogenated alkanes) is 4. The van der Waals surface area contributed by atoms with Gasteiger partial charge in [0, 0.05) is 11.6 Å². The summed E-state index contributed by atoms with van der Waals surface area (Å²) in [4.78, 5) is 4.63. The van der Waals surface area contributed by atoms with Gasteiger partial charge in [-0.1, -0.05) is 57.7 Å². The Morgan fingerprint density at radius 3 is 2.45 bits per heavy atom. The fraction of sp³-hybridized carbons (Fsp3) is 0.611. The summed E-state index contributed by atoms with van der Waals surface area (Å²) in [6, 6.07) is 8.18. The maximum absolute atomic E-state index is 11.0. The van der Waals surface area contributed by atoms with E-state index in [1.54, 1.807) is 0 Å². The Labute approximate surface area is 122 Å². The summed E-state index contributed by atoms with van der Waals surface area (Å²) in [6.45, 7) is 4.40. The molecule has 0 amide bonds. The molecule has 1 N–H and O–H groups in total. The number of para-hydroxylation sites is 1. The zero-order valence-corrected chi connectivity index (χ0v) is 12.9. The molecule has 1 aromatic carbocycles. The Bertz CT molecular complexity index is 549. The Morgan fingerprint density at radius 1 is 1.00 bits per heavy atom. The van der Waals surface area contributed by atoms with E-state index in [-0.39, 0.29) is 0 Å².